The van der Waals surface area contributed by atoms with Crippen molar-refractivity contribution in [3.8, 4) is 0 Å². The van der Waals surface area contributed by atoms with E-state index < -0.39 is 6.10 Å². The Kier molecular flexibility index (Phi) is 6.74. The number of thioether (sulfide) groups is 1. The Labute approximate surface area is 141 Å². The van der Waals surface area contributed by atoms with E-state index in [2.05, 4.69) is 5.32 Å². The highest BCUT2D eigenvalue weighted by Gasteiger charge is 2.17. The molecule has 4 nitrogen and oxygen atoms in total. The Hall–Kier alpha value is -1.72. The summed E-state index contributed by atoms with van der Waals surface area (Å²) in [5, 5.41) is 12.6. The van der Waals surface area contributed by atoms with Gasteiger partial charge in [0, 0.05) is 22.8 Å². The van der Waals surface area contributed by atoms with E-state index in [9.17, 15) is 9.90 Å². The molecule has 1 aromatic heterocycles. The minimum Gasteiger partial charge on any atom is -0.459 e. The van der Waals surface area contributed by atoms with Gasteiger partial charge >= 0.3 is 0 Å². The zero-order valence-corrected chi connectivity index (χ0v) is 14.3. The summed E-state index contributed by atoms with van der Waals surface area (Å²) in [6.07, 6.45) is 1.66. The molecule has 0 bridgehead atoms. The molecule has 0 radical (unpaired) electrons. The topological polar surface area (TPSA) is 62.5 Å². The molecule has 0 aliphatic rings. The Balaban J connectivity index is 1.88. The molecule has 2 rings (SSSR count). The summed E-state index contributed by atoms with van der Waals surface area (Å²) < 4.78 is 5.32. The first-order valence-electron chi connectivity index (χ1n) is 7.76. The first kappa shape index (κ1) is 17.6. The molecule has 1 amide bonds. The summed E-state index contributed by atoms with van der Waals surface area (Å²) in [6, 6.07) is 11.8. The minimum absolute atomic E-state index is 0.239. The van der Waals surface area contributed by atoms with Crippen LogP contribution in [0.2, 0.25) is 0 Å². The van der Waals surface area contributed by atoms with Gasteiger partial charge in [-0.15, -0.1) is 11.8 Å². The maximum Gasteiger partial charge on any atom is 0.287 e. The maximum atomic E-state index is 12.2. The lowest BCUT2D eigenvalue weighted by atomic mass is 10.1. The molecule has 0 spiro atoms. The summed E-state index contributed by atoms with van der Waals surface area (Å²) >= 11 is 1.65. The molecule has 2 aromatic rings. The monoisotopic (exact) mass is 333 g/mol. The lowest BCUT2D eigenvalue weighted by molar-refractivity contribution is 0.0873. The molecule has 1 aromatic carbocycles. The van der Waals surface area contributed by atoms with Crippen molar-refractivity contribution in [2.75, 3.05) is 6.54 Å². The van der Waals surface area contributed by atoms with Gasteiger partial charge in [-0.25, -0.2) is 0 Å². The Morgan fingerprint density at radius 3 is 2.70 bits per heavy atom. The van der Waals surface area contributed by atoms with Crippen molar-refractivity contribution in [2.45, 2.75) is 37.0 Å². The third-order valence-corrected chi connectivity index (χ3v) is 4.39. The summed E-state index contributed by atoms with van der Waals surface area (Å²) in [7, 11) is 0. The van der Waals surface area contributed by atoms with Crippen LogP contribution < -0.4 is 5.32 Å². The highest BCUT2D eigenvalue weighted by atomic mass is 32.2. The fraction of sp³-hybridized carbons (Fsp3) is 0.389. The highest BCUT2D eigenvalue weighted by molar-refractivity contribution is 7.98. The minimum atomic E-state index is -0.531. The van der Waals surface area contributed by atoms with Crippen LogP contribution in [0.3, 0.4) is 0 Å². The zero-order valence-electron chi connectivity index (χ0n) is 13.5. The molecule has 23 heavy (non-hydrogen) atoms. The van der Waals surface area contributed by atoms with Crippen molar-refractivity contribution < 1.29 is 14.3 Å². The SMILES string of the molecule is CC(C)CC(O)CNC(=O)c1occc1CSc1ccccc1. The van der Waals surface area contributed by atoms with E-state index in [-0.39, 0.29) is 12.5 Å². The van der Waals surface area contributed by atoms with Gasteiger partial charge < -0.3 is 14.8 Å². The molecular weight excluding hydrogens is 310 g/mol. The highest BCUT2D eigenvalue weighted by Crippen LogP contribution is 2.24. The van der Waals surface area contributed by atoms with Gasteiger partial charge in [0.15, 0.2) is 5.76 Å². The second kappa shape index (κ2) is 8.79. The summed E-state index contributed by atoms with van der Waals surface area (Å²) in [4.78, 5) is 13.3. The number of amides is 1. The molecule has 5 heteroatoms. The number of aliphatic hydroxyl groups excluding tert-OH is 1. The van der Waals surface area contributed by atoms with Gasteiger partial charge in [0.05, 0.1) is 12.4 Å². The van der Waals surface area contributed by atoms with Crippen LogP contribution in [0.15, 0.2) is 52.0 Å². The Morgan fingerprint density at radius 2 is 2.00 bits per heavy atom. The van der Waals surface area contributed by atoms with E-state index in [1.807, 2.05) is 50.2 Å². The summed E-state index contributed by atoms with van der Waals surface area (Å²) in [5.41, 5.74) is 0.856. The van der Waals surface area contributed by atoms with Gasteiger partial charge in [-0.3, -0.25) is 4.79 Å². The number of carbonyl (C=O) groups excluding carboxylic acids is 1. The molecule has 0 saturated carbocycles. The molecule has 1 atom stereocenters. The van der Waals surface area contributed by atoms with Gasteiger partial charge in [-0.1, -0.05) is 32.0 Å². The predicted octanol–water partition coefficient (Wildman–Crippen LogP) is 3.71. The van der Waals surface area contributed by atoms with Crippen LogP contribution >= 0.6 is 11.8 Å². The smallest absolute Gasteiger partial charge is 0.287 e. The van der Waals surface area contributed by atoms with E-state index >= 15 is 0 Å². The molecule has 2 N–H and O–H groups in total. The van der Waals surface area contributed by atoms with Crippen molar-refractivity contribution in [2.24, 2.45) is 5.92 Å². The molecule has 0 saturated heterocycles. The largest absolute Gasteiger partial charge is 0.459 e. The molecule has 1 unspecified atom stereocenters. The van der Waals surface area contributed by atoms with Crippen LogP contribution in [0.5, 0.6) is 0 Å². The quantitative estimate of drug-likeness (QED) is 0.723. The van der Waals surface area contributed by atoms with Crippen molar-refractivity contribution in [3.05, 3.63) is 54.0 Å². The van der Waals surface area contributed by atoms with Crippen LogP contribution in [0.1, 0.15) is 36.4 Å². The summed E-state index contributed by atoms with van der Waals surface area (Å²) in [5.74, 6) is 1.10. The Morgan fingerprint density at radius 1 is 1.26 bits per heavy atom. The van der Waals surface area contributed by atoms with Crippen molar-refractivity contribution in [1.29, 1.82) is 0 Å². The van der Waals surface area contributed by atoms with Crippen LogP contribution in [-0.2, 0) is 5.75 Å². The van der Waals surface area contributed by atoms with E-state index in [0.29, 0.717) is 23.9 Å². The third-order valence-electron chi connectivity index (χ3n) is 3.33. The summed E-state index contributed by atoms with van der Waals surface area (Å²) in [6.45, 7) is 4.32. The number of carbonyl (C=O) groups is 1. The Bertz CT molecular complexity index is 610. The number of benzene rings is 1. The van der Waals surface area contributed by atoms with Crippen LogP contribution in [0.4, 0.5) is 0 Å². The van der Waals surface area contributed by atoms with E-state index in [1.54, 1.807) is 11.8 Å². The van der Waals surface area contributed by atoms with Gasteiger partial charge in [0.2, 0.25) is 0 Å². The maximum absolute atomic E-state index is 12.2. The average molecular weight is 333 g/mol. The van der Waals surface area contributed by atoms with Crippen LogP contribution in [-0.4, -0.2) is 23.7 Å². The second-order valence-electron chi connectivity index (χ2n) is 5.87. The molecule has 1 heterocycles. The number of rotatable bonds is 8. The first-order chi connectivity index (χ1) is 11.1. The average Bonchev–Trinajstić information content (AvgIpc) is 2.99. The van der Waals surface area contributed by atoms with Crippen LogP contribution in [0, 0.1) is 5.92 Å². The normalized spacial score (nSPS) is 12.3. The van der Waals surface area contributed by atoms with Crippen LogP contribution in [0.25, 0.3) is 0 Å². The number of hydrogen-bond donors (Lipinski definition) is 2. The van der Waals surface area contributed by atoms with Gasteiger partial charge in [0.1, 0.15) is 0 Å². The molecule has 0 aliphatic heterocycles. The standard InChI is InChI=1S/C18H23NO3S/c1-13(2)10-15(20)11-19-18(21)17-14(8-9-22-17)12-23-16-6-4-3-5-7-16/h3-9,13,15,20H,10-12H2,1-2H3,(H,19,21). The second-order valence-corrected chi connectivity index (χ2v) is 6.92. The zero-order chi connectivity index (χ0) is 16.7. The van der Waals surface area contributed by atoms with Crippen molar-refractivity contribution >= 4 is 17.7 Å². The predicted molar refractivity (Wildman–Crippen MR) is 92.5 cm³/mol. The van der Waals surface area contributed by atoms with E-state index in [4.69, 9.17) is 4.42 Å². The molecule has 0 aliphatic carbocycles. The van der Waals surface area contributed by atoms with E-state index in [1.165, 1.54) is 6.26 Å². The molecule has 0 fully saturated rings. The fourth-order valence-electron chi connectivity index (χ4n) is 2.24. The van der Waals surface area contributed by atoms with Gasteiger partial charge in [0.25, 0.3) is 5.91 Å². The van der Waals surface area contributed by atoms with Crippen molar-refractivity contribution in [1.82, 2.24) is 5.32 Å². The molecular formula is C18H23NO3S. The number of furan rings is 1. The van der Waals surface area contributed by atoms with Gasteiger partial charge in [-0.05, 0) is 30.5 Å². The lowest BCUT2D eigenvalue weighted by Crippen LogP contribution is -2.33. The number of aliphatic hydroxyl groups is 1. The fourth-order valence-corrected chi connectivity index (χ4v) is 3.14. The number of nitrogens with one attached hydrogen (secondary N) is 1. The van der Waals surface area contributed by atoms with E-state index in [0.717, 1.165) is 10.5 Å². The first-order valence-corrected chi connectivity index (χ1v) is 8.75. The molecule has 124 valence electrons. The van der Waals surface area contributed by atoms with Crippen molar-refractivity contribution in [3.63, 3.8) is 0 Å². The third kappa shape index (κ3) is 5.77. The number of hydrogen-bond acceptors (Lipinski definition) is 4. The lowest BCUT2D eigenvalue weighted by Gasteiger charge is -2.13. The van der Waals surface area contributed by atoms with Gasteiger partial charge in [-0.2, -0.15) is 0 Å².